The second kappa shape index (κ2) is 9.28. The zero-order chi connectivity index (χ0) is 22.8. The van der Waals surface area contributed by atoms with E-state index >= 15 is 0 Å². The second-order valence-corrected chi connectivity index (χ2v) is 7.58. The van der Waals surface area contributed by atoms with Crippen LogP contribution in [0.4, 0.5) is 30.7 Å². The van der Waals surface area contributed by atoms with Gasteiger partial charge in [-0.1, -0.05) is 44.7 Å². The molecule has 0 aliphatic rings. The summed E-state index contributed by atoms with van der Waals surface area (Å²) in [5, 5.41) is -0.707. The van der Waals surface area contributed by atoms with Gasteiger partial charge in [-0.3, -0.25) is 0 Å². The number of benzene rings is 3. The van der Waals surface area contributed by atoms with Crippen molar-refractivity contribution in [3.8, 4) is 11.1 Å². The quantitative estimate of drug-likeness (QED) is 0.254. The number of rotatable bonds is 7. The lowest BCUT2D eigenvalue weighted by molar-refractivity contribution is -0.142. The van der Waals surface area contributed by atoms with Gasteiger partial charge in [-0.15, -0.1) is 0 Å². The molecule has 0 heterocycles. The average Bonchev–Trinajstić information content (AvgIpc) is 2.66. The van der Waals surface area contributed by atoms with Crippen molar-refractivity contribution in [1.82, 2.24) is 0 Å². The largest absolute Gasteiger partial charge is 0.422 e. The van der Waals surface area contributed by atoms with E-state index in [0.717, 1.165) is 50.3 Å². The van der Waals surface area contributed by atoms with E-state index in [1.54, 1.807) is 0 Å². The molecule has 0 aliphatic heterocycles. The Morgan fingerprint density at radius 1 is 0.742 bits per heavy atom. The van der Waals surface area contributed by atoms with E-state index in [9.17, 15) is 30.7 Å². The summed E-state index contributed by atoms with van der Waals surface area (Å²) in [6.07, 6.45) is 0.330. The highest BCUT2D eigenvalue weighted by Gasteiger charge is 2.38. The number of fused-ring (bicyclic) bond motifs is 1. The first kappa shape index (κ1) is 23.1. The van der Waals surface area contributed by atoms with E-state index in [1.807, 2.05) is 0 Å². The molecule has 0 radical (unpaired) electrons. The number of aryl methyl sites for hydroxylation is 1. The molecule has 7 heteroatoms. The van der Waals surface area contributed by atoms with E-state index in [1.165, 1.54) is 12.1 Å². The molecule has 166 valence electrons. The first-order valence-electron chi connectivity index (χ1n) is 10.1. The number of hydrogen-bond donors (Lipinski definition) is 0. The molecular weight excluding hydrogens is 421 g/mol. The Labute approximate surface area is 175 Å². The van der Waals surface area contributed by atoms with Crippen molar-refractivity contribution in [2.75, 3.05) is 0 Å². The van der Waals surface area contributed by atoms with Crippen LogP contribution in [0.2, 0.25) is 0 Å². The lowest BCUT2D eigenvalue weighted by Gasteiger charge is -2.13. The molecule has 0 saturated carbocycles. The SMILES string of the molecule is CCCCCCCc1cc(F)c(-c2ccc3c(F)c(C(F)(F)F)c(F)cc3c2)c(F)c1. The van der Waals surface area contributed by atoms with Crippen LogP contribution in [0.3, 0.4) is 0 Å². The highest BCUT2D eigenvalue weighted by Crippen LogP contribution is 2.38. The predicted octanol–water partition coefficient (Wildman–Crippen LogP) is 8.59. The molecule has 0 bridgehead atoms. The van der Waals surface area contributed by atoms with Gasteiger partial charge in [0.1, 0.15) is 28.8 Å². The molecule has 0 saturated heterocycles. The normalized spacial score (nSPS) is 12.0. The molecule has 0 unspecified atom stereocenters. The van der Waals surface area contributed by atoms with Gasteiger partial charge in [0.15, 0.2) is 0 Å². The minimum Gasteiger partial charge on any atom is -0.206 e. The Morgan fingerprint density at radius 3 is 2.00 bits per heavy atom. The molecule has 3 rings (SSSR count). The summed E-state index contributed by atoms with van der Waals surface area (Å²) < 4.78 is 96.2. The van der Waals surface area contributed by atoms with Gasteiger partial charge in [0.2, 0.25) is 0 Å². The Balaban J connectivity index is 1.94. The van der Waals surface area contributed by atoms with Gasteiger partial charge in [0.25, 0.3) is 0 Å². The molecule has 0 amide bonds. The number of hydrogen-bond acceptors (Lipinski definition) is 0. The molecule has 0 nitrogen and oxygen atoms in total. The summed E-state index contributed by atoms with van der Waals surface area (Å²) in [5.41, 5.74) is -1.90. The number of unbranched alkanes of at least 4 members (excludes halogenated alkanes) is 4. The Morgan fingerprint density at radius 2 is 1.39 bits per heavy atom. The summed E-state index contributed by atoms with van der Waals surface area (Å²) in [7, 11) is 0. The Hall–Kier alpha value is -2.57. The zero-order valence-electron chi connectivity index (χ0n) is 16.9. The fourth-order valence-corrected chi connectivity index (χ4v) is 3.72. The minimum atomic E-state index is -5.20. The molecule has 3 aromatic rings. The topological polar surface area (TPSA) is 0 Å². The zero-order valence-corrected chi connectivity index (χ0v) is 16.9. The number of alkyl halides is 3. The van der Waals surface area contributed by atoms with Crippen molar-refractivity contribution in [2.24, 2.45) is 0 Å². The van der Waals surface area contributed by atoms with Gasteiger partial charge in [-0.05, 0) is 53.6 Å². The highest BCUT2D eigenvalue weighted by molar-refractivity contribution is 5.89. The second-order valence-electron chi connectivity index (χ2n) is 7.58. The van der Waals surface area contributed by atoms with E-state index in [2.05, 4.69) is 6.92 Å². The van der Waals surface area contributed by atoms with Crippen LogP contribution < -0.4 is 0 Å². The van der Waals surface area contributed by atoms with Crippen LogP contribution in [0, 0.1) is 23.3 Å². The van der Waals surface area contributed by atoms with Crippen LogP contribution in [-0.4, -0.2) is 0 Å². The van der Waals surface area contributed by atoms with Gasteiger partial charge in [0, 0.05) is 5.39 Å². The first-order chi connectivity index (χ1) is 14.6. The summed E-state index contributed by atoms with van der Waals surface area (Å²) in [6.45, 7) is 2.09. The third kappa shape index (κ3) is 5.02. The summed E-state index contributed by atoms with van der Waals surface area (Å²) in [5.74, 6) is -5.21. The molecule has 0 aliphatic carbocycles. The highest BCUT2D eigenvalue weighted by atomic mass is 19.4. The molecule has 31 heavy (non-hydrogen) atoms. The van der Waals surface area contributed by atoms with Crippen LogP contribution in [0.15, 0.2) is 36.4 Å². The van der Waals surface area contributed by atoms with Gasteiger partial charge in [-0.2, -0.15) is 13.2 Å². The molecule has 0 N–H and O–H groups in total. The maximum atomic E-state index is 14.7. The van der Waals surface area contributed by atoms with Crippen molar-refractivity contribution >= 4 is 10.8 Å². The summed E-state index contributed by atoms with van der Waals surface area (Å²) in [6, 6.07) is 6.12. The predicted molar refractivity (Wildman–Crippen MR) is 107 cm³/mol. The van der Waals surface area contributed by atoms with Crippen LogP contribution in [0.5, 0.6) is 0 Å². The third-order valence-electron chi connectivity index (χ3n) is 5.27. The molecule has 0 aromatic heterocycles. The minimum absolute atomic E-state index is 0.0180. The standard InChI is InChI=1S/C24H21F7/c1-2-3-4-5-6-7-14-10-18(25)21(19(26)11-14)15-8-9-17-16(12-15)13-20(27)22(23(17)28)24(29,30)31/h8-13H,2-7H2,1H3. The maximum Gasteiger partial charge on any atom is 0.422 e. The third-order valence-corrected chi connectivity index (χ3v) is 5.27. The van der Waals surface area contributed by atoms with E-state index in [4.69, 9.17) is 0 Å². The fraction of sp³-hybridized carbons (Fsp3) is 0.333. The average molecular weight is 442 g/mol. The van der Waals surface area contributed by atoms with Crippen LogP contribution >= 0.6 is 0 Å². The van der Waals surface area contributed by atoms with Gasteiger partial charge < -0.3 is 0 Å². The molecule has 0 atom stereocenters. The molecule has 3 aromatic carbocycles. The van der Waals surface area contributed by atoms with E-state index < -0.39 is 46.0 Å². The van der Waals surface area contributed by atoms with Gasteiger partial charge in [-0.25, -0.2) is 17.6 Å². The van der Waals surface area contributed by atoms with Crippen molar-refractivity contribution in [3.05, 3.63) is 70.8 Å². The smallest absolute Gasteiger partial charge is 0.206 e. The molecule has 0 fully saturated rings. The van der Waals surface area contributed by atoms with Crippen molar-refractivity contribution in [2.45, 2.75) is 51.6 Å². The van der Waals surface area contributed by atoms with Crippen LogP contribution in [0.1, 0.15) is 50.2 Å². The maximum absolute atomic E-state index is 14.7. The first-order valence-corrected chi connectivity index (χ1v) is 10.1. The molecule has 0 spiro atoms. The summed E-state index contributed by atoms with van der Waals surface area (Å²) in [4.78, 5) is 0. The van der Waals surface area contributed by atoms with E-state index in [-0.39, 0.29) is 10.9 Å². The van der Waals surface area contributed by atoms with Crippen LogP contribution in [0.25, 0.3) is 21.9 Å². The van der Waals surface area contributed by atoms with Crippen molar-refractivity contribution in [3.63, 3.8) is 0 Å². The van der Waals surface area contributed by atoms with Gasteiger partial charge >= 0.3 is 6.18 Å². The lowest BCUT2D eigenvalue weighted by atomic mass is 9.96. The Kier molecular flexibility index (Phi) is 6.92. The number of halogens is 7. The van der Waals surface area contributed by atoms with Crippen molar-refractivity contribution in [1.29, 1.82) is 0 Å². The fourth-order valence-electron chi connectivity index (χ4n) is 3.72. The van der Waals surface area contributed by atoms with Crippen LogP contribution in [-0.2, 0) is 12.6 Å². The van der Waals surface area contributed by atoms with E-state index in [0.29, 0.717) is 18.1 Å². The van der Waals surface area contributed by atoms with Gasteiger partial charge in [0.05, 0.1) is 5.56 Å². The molecular formula is C24H21F7. The lowest BCUT2D eigenvalue weighted by Crippen LogP contribution is -2.11. The monoisotopic (exact) mass is 442 g/mol. The van der Waals surface area contributed by atoms with Crippen molar-refractivity contribution < 1.29 is 30.7 Å². The summed E-state index contributed by atoms with van der Waals surface area (Å²) >= 11 is 0. The Bertz CT molecular complexity index is 1060.